The van der Waals surface area contributed by atoms with Crippen LogP contribution in [0.15, 0.2) is 18.2 Å². The number of halogens is 1. The van der Waals surface area contributed by atoms with Crippen LogP contribution in [0, 0.1) is 5.82 Å². The second-order valence-electron chi connectivity index (χ2n) is 5.25. The van der Waals surface area contributed by atoms with Gasteiger partial charge in [0.25, 0.3) is 0 Å². The van der Waals surface area contributed by atoms with Crippen LogP contribution in [0.3, 0.4) is 0 Å². The molecular formula is C15H24FN3OS. The molecule has 0 bridgehead atoms. The van der Waals surface area contributed by atoms with Crippen LogP contribution in [0.5, 0.6) is 0 Å². The van der Waals surface area contributed by atoms with Crippen molar-refractivity contribution in [2.75, 3.05) is 29.3 Å². The van der Waals surface area contributed by atoms with Crippen LogP contribution in [0.1, 0.15) is 20.3 Å². The van der Waals surface area contributed by atoms with Gasteiger partial charge in [-0.3, -0.25) is 4.79 Å². The van der Waals surface area contributed by atoms with Crippen LogP contribution in [0.4, 0.5) is 15.8 Å². The molecule has 118 valence electrons. The summed E-state index contributed by atoms with van der Waals surface area (Å²) in [6, 6.07) is 4.31. The minimum Gasteiger partial charge on any atom is -0.370 e. The zero-order chi connectivity index (χ0) is 16.0. The third-order valence-electron chi connectivity index (χ3n) is 3.34. The van der Waals surface area contributed by atoms with Gasteiger partial charge in [0.15, 0.2) is 0 Å². The van der Waals surface area contributed by atoms with Crippen molar-refractivity contribution in [1.82, 2.24) is 0 Å². The molecule has 0 fully saturated rings. The molecule has 4 nitrogen and oxygen atoms in total. The Morgan fingerprint density at radius 2 is 2.14 bits per heavy atom. The van der Waals surface area contributed by atoms with Crippen molar-refractivity contribution in [3.05, 3.63) is 24.0 Å². The Bertz CT molecular complexity index is 482. The maximum Gasteiger partial charge on any atom is 0.241 e. The number of amides is 1. The van der Waals surface area contributed by atoms with E-state index in [2.05, 4.69) is 5.32 Å². The van der Waals surface area contributed by atoms with Crippen LogP contribution in [0.25, 0.3) is 0 Å². The molecule has 0 unspecified atom stereocenters. The normalized spacial score (nSPS) is 12.3. The van der Waals surface area contributed by atoms with Gasteiger partial charge in [0, 0.05) is 18.8 Å². The summed E-state index contributed by atoms with van der Waals surface area (Å²) in [5.41, 5.74) is 6.72. The van der Waals surface area contributed by atoms with Crippen LogP contribution in [0.2, 0.25) is 0 Å². The number of anilines is 2. The first kappa shape index (κ1) is 17.8. The first-order chi connectivity index (χ1) is 9.86. The van der Waals surface area contributed by atoms with Gasteiger partial charge in [0.2, 0.25) is 5.91 Å². The highest BCUT2D eigenvalue weighted by atomic mass is 32.2. The van der Waals surface area contributed by atoms with Crippen LogP contribution in [-0.4, -0.2) is 37.0 Å². The Kier molecular flexibility index (Phi) is 6.98. The third-order valence-corrected chi connectivity index (χ3v) is 3.98. The lowest BCUT2D eigenvalue weighted by Gasteiger charge is -2.24. The lowest BCUT2D eigenvalue weighted by molar-refractivity contribution is -0.117. The molecule has 1 aromatic carbocycles. The molecule has 0 aromatic heterocycles. The number of nitrogens with two attached hydrogens (primary N) is 1. The molecule has 1 amide bonds. The summed E-state index contributed by atoms with van der Waals surface area (Å²) in [4.78, 5) is 13.7. The minimum absolute atomic E-state index is 0.194. The van der Waals surface area contributed by atoms with Crippen molar-refractivity contribution in [3.63, 3.8) is 0 Å². The predicted octanol–water partition coefficient (Wildman–Crippen LogP) is 2.69. The van der Waals surface area contributed by atoms with E-state index < -0.39 is 6.04 Å². The van der Waals surface area contributed by atoms with E-state index in [9.17, 15) is 9.18 Å². The van der Waals surface area contributed by atoms with Gasteiger partial charge in [-0.1, -0.05) is 0 Å². The Balaban J connectivity index is 2.74. The van der Waals surface area contributed by atoms with Crippen molar-refractivity contribution in [1.29, 1.82) is 0 Å². The molecule has 0 saturated carbocycles. The van der Waals surface area contributed by atoms with Gasteiger partial charge >= 0.3 is 0 Å². The summed E-state index contributed by atoms with van der Waals surface area (Å²) >= 11 is 1.64. The highest BCUT2D eigenvalue weighted by Gasteiger charge is 2.15. The highest BCUT2D eigenvalue weighted by Crippen LogP contribution is 2.23. The Morgan fingerprint density at radius 1 is 1.48 bits per heavy atom. The van der Waals surface area contributed by atoms with E-state index >= 15 is 0 Å². The monoisotopic (exact) mass is 313 g/mol. The van der Waals surface area contributed by atoms with Crippen molar-refractivity contribution in [2.45, 2.75) is 32.4 Å². The first-order valence-corrected chi connectivity index (χ1v) is 8.34. The minimum atomic E-state index is -0.571. The maximum atomic E-state index is 14.1. The molecule has 0 saturated heterocycles. The number of nitrogens with one attached hydrogen (secondary N) is 1. The van der Waals surface area contributed by atoms with E-state index in [1.54, 1.807) is 23.9 Å². The topological polar surface area (TPSA) is 58.4 Å². The summed E-state index contributed by atoms with van der Waals surface area (Å²) in [6.45, 7) is 3.97. The van der Waals surface area contributed by atoms with E-state index in [1.807, 2.05) is 32.1 Å². The fraction of sp³-hybridized carbons (Fsp3) is 0.533. The molecule has 0 spiro atoms. The number of hydrogen-bond acceptors (Lipinski definition) is 4. The van der Waals surface area contributed by atoms with Crippen molar-refractivity contribution in [2.24, 2.45) is 5.73 Å². The van der Waals surface area contributed by atoms with E-state index in [-0.39, 0.29) is 17.8 Å². The molecule has 6 heteroatoms. The predicted molar refractivity (Wildman–Crippen MR) is 89.5 cm³/mol. The number of rotatable bonds is 7. The highest BCUT2D eigenvalue weighted by molar-refractivity contribution is 7.98. The fourth-order valence-corrected chi connectivity index (χ4v) is 2.25. The summed E-state index contributed by atoms with van der Waals surface area (Å²) in [5.74, 6) is 0.177. The van der Waals surface area contributed by atoms with Gasteiger partial charge < -0.3 is 16.0 Å². The summed E-state index contributed by atoms with van der Waals surface area (Å²) in [7, 11) is 1.83. The van der Waals surface area contributed by atoms with Crippen molar-refractivity contribution >= 4 is 29.0 Å². The lowest BCUT2D eigenvalue weighted by atomic mass is 10.2. The molecule has 1 aromatic rings. The molecule has 0 heterocycles. The number of benzene rings is 1. The van der Waals surface area contributed by atoms with Crippen molar-refractivity contribution < 1.29 is 9.18 Å². The number of hydrogen-bond donors (Lipinski definition) is 2. The van der Waals surface area contributed by atoms with Crippen LogP contribution >= 0.6 is 11.8 Å². The largest absolute Gasteiger partial charge is 0.370 e. The number of nitrogens with zero attached hydrogens (tertiary/aromatic N) is 1. The zero-order valence-electron chi connectivity index (χ0n) is 13.0. The maximum absolute atomic E-state index is 14.1. The molecule has 0 radical (unpaired) electrons. The second-order valence-corrected chi connectivity index (χ2v) is 6.23. The van der Waals surface area contributed by atoms with Gasteiger partial charge in [-0.25, -0.2) is 4.39 Å². The molecule has 1 rings (SSSR count). The molecule has 0 aliphatic heterocycles. The number of thioether (sulfide) groups is 1. The van der Waals surface area contributed by atoms with Gasteiger partial charge in [-0.2, -0.15) is 11.8 Å². The lowest BCUT2D eigenvalue weighted by Crippen LogP contribution is -2.36. The molecule has 21 heavy (non-hydrogen) atoms. The smallest absolute Gasteiger partial charge is 0.241 e. The van der Waals surface area contributed by atoms with E-state index in [4.69, 9.17) is 5.73 Å². The van der Waals surface area contributed by atoms with Crippen molar-refractivity contribution in [3.8, 4) is 0 Å². The summed E-state index contributed by atoms with van der Waals surface area (Å²) < 4.78 is 14.1. The van der Waals surface area contributed by atoms with Gasteiger partial charge in [-0.05, 0) is 50.5 Å². The SMILES string of the molecule is CSCC[C@H](N)C(=O)Nc1ccc(N(C)C(C)C)c(F)c1. The molecule has 1 atom stereocenters. The Morgan fingerprint density at radius 3 is 2.67 bits per heavy atom. The first-order valence-electron chi connectivity index (χ1n) is 6.94. The Labute approximate surface area is 130 Å². The standard InChI is InChI=1S/C15H24FN3OS/c1-10(2)19(3)14-6-5-11(9-12(14)16)18-15(20)13(17)7-8-21-4/h5-6,9-10,13H,7-8,17H2,1-4H3,(H,18,20)/t13-/m0/s1. The van der Waals surface area contributed by atoms with Gasteiger partial charge in [0.05, 0.1) is 11.7 Å². The van der Waals surface area contributed by atoms with Gasteiger partial charge in [0.1, 0.15) is 5.82 Å². The molecule has 0 aliphatic carbocycles. The summed E-state index contributed by atoms with van der Waals surface area (Å²) in [6.07, 6.45) is 2.56. The van der Waals surface area contributed by atoms with Gasteiger partial charge in [-0.15, -0.1) is 0 Å². The van der Waals surface area contributed by atoms with E-state index in [0.29, 0.717) is 17.8 Å². The third kappa shape index (κ3) is 5.21. The fourth-order valence-electron chi connectivity index (χ4n) is 1.76. The molecule has 0 aliphatic rings. The molecule has 3 N–H and O–H groups in total. The summed E-state index contributed by atoms with van der Waals surface area (Å²) in [5, 5.41) is 2.66. The molecular weight excluding hydrogens is 289 g/mol. The zero-order valence-corrected chi connectivity index (χ0v) is 13.8. The van der Waals surface area contributed by atoms with Crippen LogP contribution < -0.4 is 16.0 Å². The Hall–Kier alpha value is -1.27. The number of carbonyl (C=O) groups is 1. The van der Waals surface area contributed by atoms with E-state index in [1.165, 1.54) is 6.07 Å². The number of carbonyl (C=O) groups excluding carboxylic acids is 1. The van der Waals surface area contributed by atoms with Crippen LogP contribution in [-0.2, 0) is 4.79 Å². The average Bonchev–Trinajstić information content (AvgIpc) is 2.44. The van der Waals surface area contributed by atoms with E-state index in [0.717, 1.165) is 5.75 Å². The average molecular weight is 313 g/mol. The second kappa shape index (κ2) is 8.24. The quantitative estimate of drug-likeness (QED) is 0.812.